The Kier molecular flexibility index (Phi) is 3.99. The zero-order chi connectivity index (χ0) is 15.8. The Labute approximate surface area is 121 Å². The first-order valence-electron chi connectivity index (χ1n) is 6.06. The topological polar surface area (TPSA) is 113 Å². The monoisotopic (exact) mass is 314 g/mol. The van der Waals surface area contributed by atoms with Crippen molar-refractivity contribution in [3.8, 4) is 11.1 Å². The van der Waals surface area contributed by atoms with E-state index in [-0.39, 0.29) is 0 Å². The minimum Gasteiger partial charge on any atom is -0.343 e. The third-order valence-corrected chi connectivity index (χ3v) is 3.33. The van der Waals surface area contributed by atoms with Crippen LogP contribution in [0.4, 0.5) is 0 Å². The van der Waals surface area contributed by atoms with Crippen LogP contribution in [0.2, 0.25) is 0 Å². The van der Waals surface area contributed by atoms with Crippen LogP contribution in [0.25, 0.3) is 11.1 Å². The number of nitrogens with one attached hydrogen (secondary N) is 1. The van der Waals surface area contributed by atoms with E-state index in [1.165, 1.54) is 25.0 Å². The maximum Gasteiger partial charge on any atom is 0.418 e. The molecule has 2 unspecified atom stereocenters. The van der Waals surface area contributed by atoms with E-state index >= 15 is 0 Å². The van der Waals surface area contributed by atoms with Crippen LogP contribution in [0.3, 0.4) is 0 Å². The molecule has 0 saturated carbocycles. The van der Waals surface area contributed by atoms with Crippen LogP contribution < -0.4 is 5.32 Å². The second-order valence-corrected chi connectivity index (χ2v) is 5.67. The first kappa shape index (κ1) is 15.4. The van der Waals surface area contributed by atoms with E-state index in [2.05, 4.69) is 33.9 Å². The molecule has 1 heterocycles. The predicted molar refractivity (Wildman–Crippen MR) is 72.0 cm³/mol. The van der Waals surface area contributed by atoms with Crippen molar-refractivity contribution >= 4 is 22.2 Å². The second kappa shape index (κ2) is 5.43. The lowest BCUT2D eigenvalue weighted by Crippen LogP contribution is -2.69. The summed E-state index contributed by atoms with van der Waals surface area (Å²) < 4.78 is 32.9. The third kappa shape index (κ3) is 3.78. The fraction of sp³-hybridized carbons (Fsp3) is 0.333. The lowest BCUT2D eigenvalue weighted by atomic mass is 10.0. The van der Waals surface area contributed by atoms with Gasteiger partial charge in [0.1, 0.15) is 6.04 Å². The number of hydrogen-bond acceptors (Lipinski definition) is 5. The molecule has 0 aromatic heterocycles. The molecule has 1 fully saturated rings. The zero-order valence-electron chi connectivity index (χ0n) is 11.3. The maximum absolute atomic E-state index is 11.2. The summed E-state index contributed by atoms with van der Waals surface area (Å²) in [4.78, 5) is 21.8. The summed E-state index contributed by atoms with van der Waals surface area (Å²) in [6.45, 7) is 2.69. The Morgan fingerprint density at radius 1 is 1.38 bits per heavy atom. The molecule has 3 rings (SSSR count). The van der Waals surface area contributed by atoms with Gasteiger partial charge in [0.05, 0.1) is 6.04 Å². The number of rotatable bonds is 3. The first-order valence-corrected chi connectivity index (χ1v) is 7.43. The summed E-state index contributed by atoms with van der Waals surface area (Å²) in [5.74, 6) is -1.14. The average Bonchev–Trinajstić information content (AvgIpc) is 2.99. The SMILES string of the molecule is CC(=O)NC1C(=O)N(OS(=O)(=O)O)C1C.c1cc2cc-2c1. The molecule has 0 bridgehead atoms. The number of nitrogens with zero attached hydrogens (tertiary/aromatic N) is 1. The van der Waals surface area contributed by atoms with Crippen molar-refractivity contribution in [2.45, 2.75) is 25.9 Å². The number of carbonyl (C=O) groups excluding carboxylic acids is 2. The van der Waals surface area contributed by atoms with Gasteiger partial charge >= 0.3 is 10.4 Å². The summed E-state index contributed by atoms with van der Waals surface area (Å²) in [5, 5.41) is 2.79. The van der Waals surface area contributed by atoms with E-state index in [9.17, 15) is 18.0 Å². The minimum absolute atomic E-state index is 0.410. The summed E-state index contributed by atoms with van der Waals surface area (Å²) in [6, 6.07) is 7.02. The van der Waals surface area contributed by atoms with Crippen molar-refractivity contribution in [2.75, 3.05) is 0 Å². The van der Waals surface area contributed by atoms with Crippen LogP contribution in [0.15, 0.2) is 24.3 Å². The van der Waals surface area contributed by atoms with E-state index in [1.54, 1.807) is 0 Å². The molecule has 2 amide bonds. The zero-order valence-corrected chi connectivity index (χ0v) is 12.1. The molecule has 0 spiro atoms. The van der Waals surface area contributed by atoms with Crippen LogP contribution in [0.5, 0.6) is 0 Å². The molecule has 0 aromatic carbocycles. The van der Waals surface area contributed by atoms with Gasteiger partial charge in [0.2, 0.25) is 5.91 Å². The standard InChI is InChI=1S/C6H10N2O6S.C6H4/c1-3-5(7-4(2)9)6(10)8(3)14-15(11,12)13;1-2-5-4-6(5)3-1/h3,5H,1-2H3,(H,7,9)(H,11,12,13);1-4H. The van der Waals surface area contributed by atoms with Gasteiger partial charge in [0, 0.05) is 6.92 Å². The van der Waals surface area contributed by atoms with Crippen molar-refractivity contribution in [1.29, 1.82) is 0 Å². The molecule has 3 aliphatic rings. The lowest BCUT2D eigenvalue weighted by molar-refractivity contribution is -0.196. The van der Waals surface area contributed by atoms with Crippen LogP contribution in [-0.2, 0) is 24.3 Å². The number of β-lactam (4-membered cyclic amide) rings is 1. The second-order valence-electron chi connectivity index (χ2n) is 4.67. The molecule has 0 aromatic rings. The minimum atomic E-state index is -4.71. The van der Waals surface area contributed by atoms with Crippen molar-refractivity contribution in [2.24, 2.45) is 0 Å². The van der Waals surface area contributed by atoms with Gasteiger partial charge in [-0.25, -0.2) is 0 Å². The Morgan fingerprint density at radius 3 is 2.24 bits per heavy atom. The summed E-state index contributed by atoms with van der Waals surface area (Å²) >= 11 is 0. The number of hydrogen-bond donors (Lipinski definition) is 2. The van der Waals surface area contributed by atoms with Crippen molar-refractivity contribution < 1.29 is 26.8 Å². The van der Waals surface area contributed by atoms with Crippen molar-refractivity contribution in [1.82, 2.24) is 10.4 Å². The Morgan fingerprint density at radius 2 is 1.95 bits per heavy atom. The fourth-order valence-corrected chi connectivity index (χ4v) is 2.29. The number of carbonyl (C=O) groups is 2. The van der Waals surface area contributed by atoms with Crippen LogP contribution in [0, 0.1) is 0 Å². The predicted octanol–water partition coefficient (Wildman–Crippen LogP) is 0.123. The van der Waals surface area contributed by atoms with Gasteiger partial charge in [-0.15, -0.1) is 4.28 Å². The first-order chi connectivity index (χ1) is 9.69. The van der Waals surface area contributed by atoms with Gasteiger partial charge < -0.3 is 5.32 Å². The fourth-order valence-electron chi connectivity index (χ4n) is 1.88. The Balaban J connectivity index is 0.000000218. The van der Waals surface area contributed by atoms with E-state index < -0.39 is 34.3 Å². The highest BCUT2D eigenvalue weighted by Crippen LogP contribution is 2.32. The molecule has 21 heavy (non-hydrogen) atoms. The number of fused-ring (bicyclic) bond motifs is 1. The van der Waals surface area contributed by atoms with Gasteiger partial charge in [0.15, 0.2) is 0 Å². The van der Waals surface area contributed by atoms with E-state index in [4.69, 9.17) is 4.55 Å². The van der Waals surface area contributed by atoms with E-state index in [1.807, 2.05) is 0 Å². The Hall–Kier alpha value is -1.97. The van der Waals surface area contributed by atoms with Crippen LogP contribution in [0.1, 0.15) is 13.8 Å². The van der Waals surface area contributed by atoms with E-state index in [0.717, 1.165) is 0 Å². The average molecular weight is 314 g/mol. The smallest absolute Gasteiger partial charge is 0.343 e. The van der Waals surface area contributed by atoms with Gasteiger partial charge in [-0.05, 0) is 24.1 Å². The summed E-state index contributed by atoms with van der Waals surface area (Å²) in [5.41, 5.74) is 2.85. The van der Waals surface area contributed by atoms with Crippen LogP contribution >= 0.6 is 0 Å². The molecule has 9 heteroatoms. The summed E-state index contributed by atoms with van der Waals surface area (Å²) in [7, 11) is -4.71. The molecule has 1 aliphatic heterocycles. The molecule has 2 aliphatic carbocycles. The normalized spacial score (nSPS) is 21.9. The quantitative estimate of drug-likeness (QED) is 0.615. The lowest BCUT2D eigenvalue weighted by Gasteiger charge is -2.41. The summed E-state index contributed by atoms with van der Waals surface area (Å²) in [6.07, 6.45) is 0. The molecule has 0 radical (unpaired) electrons. The van der Waals surface area contributed by atoms with Crippen molar-refractivity contribution in [3.05, 3.63) is 24.3 Å². The van der Waals surface area contributed by atoms with E-state index in [0.29, 0.717) is 5.06 Å². The highest BCUT2D eigenvalue weighted by Gasteiger charge is 2.48. The molecule has 2 atom stereocenters. The Bertz CT molecular complexity index is 669. The maximum atomic E-state index is 11.2. The van der Waals surface area contributed by atoms with Crippen LogP contribution in [-0.4, -0.2) is 41.9 Å². The van der Waals surface area contributed by atoms with Crippen molar-refractivity contribution in [3.63, 3.8) is 0 Å². The van der Waals surface area contributed by atoms with Gasteiger partial charge in [-0.1, -0.05) is 18.2 Å². The third-order valence-electron chi connectivity index (χ3n) is 2.98. The molecular formula is C12H14N2O6S. The molecule has 2 N–H and O–H groups in total. The highest BCUT2D eigenvalue weighted by atomic mass is 32.3. The highest BCUT2D eigenvalue weighted by molar-refractivity contribution is 7.80. The molecule has 8 nitrogen and oxygen atoms in total. The van der Waals surface area contributed by atoms with Gasteiger partial charge in [0.25, 0.3) is 5.91 Å². The van der Waals surface area contributed by atoms with Gasteiger partial charge in [-0.2, -0.15) is 13.5 Å². The number of benzene rings is 1. The number of amides is 2. The molecular weight excluding hydrogens is 300 g/mol. The molecule has 114 valence electrons. The largest absolute Gasteiger partial charge is 0.418 e. The number of hydroxylamine groups is 2. The molecule has 1 saturated heterocycles. The van der Waals surface area contributed by atoms with Gasteiger partial charge in [-0.3, -0.25) is 14.1 Å².